The molecule has 1 aliphatic heterocycles. The van der Waals surface area contributed by atoms with Gasteiger partial charge in [0.1, 0.15) is 16.4 Å². The van der Waals surface area contributed by atoms with Gasteiger partial charge in [0.05, 0.1) is 21.4 Å². The number of carbonyl (C=O) groups is 2. The number of hydrogen-bond acceptors (Lipinski definition) is 6. The average Bonchev–Trinajstić information content (AvgIpc) is 3.36. The Morgan fingerprint density at radius 1 is 1.16 bits per heavy atom. The minimum Gasteiger partial charge on any atom is -0.338 e. The van der Waals surface area contributed by atoms with Crippen LogP contribution in [-0.2, 0) is 0 Å². The van der Waals surface area contributed by atoms with Gasteiger partial charge in [-0.3, -0.25) is 9.59 Å². The van der Waals surface area contributed by atoms with Gasteiger partial charge in [0.15, 0.2) is 0 Å². The fourth-order valence-corrected chi connectivity index (χ4v) is 5.55. The highest BCUT2D eigenvalue weighted by Crippen LogP contribution is 2.32. The van der Waals surface area contributed by atoms with Gasteiger partial charge in [0.25, 0.3) is 11.8 Å². The molecule has 0 radical (unpaired) electrons. The summed E-state index contributed by atoms with van der Waals surface area (Å²) in [6.45, 7) is 6.86. The van der Waals surface area contributed by atoms with Gasteiger partial charge in [0.2, 0.25) is 0 Å². The molecule has 4 rings (SSSR count). The zero-order chi connectivity index (χ0) is 22.1. The van der Waals surface area contributed by atoms with E-state index in [0.29, 0.717) is 18.0 Å². The maximum absolute atomic E-state index is 14.0. The topological polar surface area (TPSA) is 75.2 Å². The molecule has 9 heteroatoms. The van der Waals surface area contributed by atoms with E-state index in [1.54, 1.807) is 24.4 Å². The van der Waals surface area contributed by atoms with Gasteiger partial charge in [-0.05, 0) is 51.3 Å². The molecule has 1 N–H and O–H groups in total. The molecule has 3 aromatic rings. The molecule has 6 nitrogen and oxygen atoms in total. The normalized spacial score (nSPS) is 14.6. The second kappa shape index (κ2) is 8.84. The van der Waals surface area contributed by atoms with Crippen molar-refractivity contribution in [1.82, 2.24) is 14.9 Å². The van der Waals surface area contributed by atoms with E-state index in [2.05, 4.69) is 15.3 Å². The fourth-order valence-electron chi connectivity index (χ4n) is 3.69. The number of halogens is 1. The van der Waals surface area contributed by atoms with Crippen molar-refractivity contribution < 1.29 is 14.0 Å². The molecule has 31 heavy (non-hydrogen) atoms. The molecule has 0 spiro atoms. The summed E-state index contributed by atoms with van der Waals surface area (Å²) in [5, 5.41) is 6.08. The van der Waals surface area contributed by atoms with Crippen LogP contribution < -0.4 is 5.32 Å². The SMILES string of the molecule is Cc1ccc(NC(=O)c2csc(C3CCN(C(=O)c4sc(C)nc4C)CC3)n2)c(F)c1. The lowest BCUT2D eigenvalue weighted by Crippen LogP contribution is -2.37. The number of benzene rings is 1. The first-order valence-electron chi connectivity index (χ1n) is 10.1. The Morgan fingerprint density at radius 3 is 2.55 bits per heavy atom. The lowest BCUT2D eigenvalue weighted by molar-refractivity contribution is 0.0717. The lowest BCUT2D eigenvalue weighted by Gasteiger charge is -2.30. The largest absolute Gasteiger partial charge is 0.338 e. The van der Waals surface area contributed by atoms with Gasteiger partial charge in [-0.2, -0.15) is 0 Å². The standard InChI is InChI=1S/C22H23FN4O2S2/c1-12-4-5-17(16(23)10-12)25-20(28)18-11-30-21(26-18)15-6-8-27(9-7-15)22(29)19-13(2)24-14(3)31-19/h4-5,10-11,15H,6-9H2,1-3H3,(H,25,28). The summed E-state index contributed by atoms with van der Waals surface area (Å²) in [5.41, 5.74) is 2.01. The molecule has 0 unspecified atom stereocenters. The average molecular weight is 459 g/mol. The van der Waals surface area contributed by atoms with Gasteiger partial charge in [0, 0.05) is 24.4 Å². The molecular weight excluding hydrogens is 435 g/mol. The summed E-state index contributed by atoms with van der Waals surface area (Å²) in [5.74, 6) is -0.641. The molecule has 3 heterocycles. The number of hydrogen-bond donors (Lipinski definition) is 1. The van der Waals surface area contributed by atoms with Crippen LogP contribution in [0.5, 0.6) is 0 Å². The van der Waals surface area contributed by atoms with E-state index >= 15 is 0 Å². The number of aryl methyl sites for hydroxylation is 3. The third kappa shape index (κ3) is 4.67. The predicted molar refractivity (Wildman–Crippen MR) is 121 cm³/mol. The maximum atomic E-state index is 14.0. The third-order valence-corrected chi connectivity index (χ3v) is 7.42. The summed E-state index contributed by atoms with van der Waals surface area (Å²) in [6.07, 6.45) is 1.59. The van der Waals surface area contributed by atoms with Crippen LogP contribution in [0.15, 0.2) is 23.6 Å². The number of carbonyl (C=O) groups excluding carboxylic acids is 2. The van der Waals surface area contributed by atoms with Gasteiger partial charge < -0.3 is 10.2 Å². The predicted octanol–water partition coefficient (Wildman–Crippen LogP) is 4.94. The number of piperidine rings is 1. The zero-order valence-electron chi connectivity index (χ0n) is 17.6. The minimum atomic E-state index is -0.466. The van der Waals surface area contributed by atoms with Crippen molar-refractivity contribution in [3.05, 3.63) is 61.2 Å². The molecule has 0 saturated carbocycles. The molecule has 1 aromatic carbocycles. The highest BCUT2D eigenvalue weighted by Gasteiger charge is 2.28. The van der Waals surface area contributed by atoms with E-state index in [-0.39, 0.29) is 23.2 Å². The number of amides is 2. The van der Waals surface area contributed by atoms with Gasteiger partial charge >= 0.3 is 0 Å². The molecule has 1 fully saturated rings. The lowest BCUT2D eigenvalue weighted by atomic mass is 9.97. The summed E-state index contributed by atoms with van der Waals surface area (Å²) in [4.78, 5) is 36.7. The van der Waals surface area contributed by atoms with Gasteiger partial charge in [-0.25, -0.2) is 14.4 Å². The molecule has 0 atom stereocenters. The number of nitrogens with one attached hydrogen (secondary N) is 1. The second-order valence-electron chi connectivity index (χ2n) is 7.72. The fraction of sp³-hybridized carbons (Fsp3) is 0.364. The minimum absolute atomic E-state index is 0.0425. The Morgan fingerprint density at radius 2 is 1.90 bits per heavy atom. The molecule has 0 aliphatic carbocycles. The Balaban J connectivity index is 1.37. The van der Waals surface area contributed by atoms with Crippen molar-refractivity contribution >= 4 is 40.2 Å². The van der Waals surface area contributed by atoms with Gasteiger partial charge in [-0.15, -0.1) is 22.7 Å². The quantitative estimate of drug-likeness (QED) is 0.601. The van der Waals surface area contributed by atoms with Gasteiger partial charge in [-0.1, -0.05) is 6.07 Å². The summed E-state index contributed by atoms with van der Waals surface area (Å²) < 4.78 is 14.0. The second-order valence-corrected chi connectivity index (χ2v) is 9.82. The third-order valence-electron chi connectivity index (χ3n) is 5.36. The molecule has 162 valence electrons. The number of thiazole rings is 2. The number of nitrogens with zero attached hydrogens (tertiary/aromatic N) is 3. The van der Waals surface area contributed by atoms with Crippen molar-refractivity contribution in [1.29, 1.82) is 0 Å². The Bertz CT molecular complexity index is 1130. The molecular formula is C22H23FN4O2S2. The van der Waals surface area contributed by atoms with E-state index in [1.165, 1.54) is 28.7 Å². The van der Waals surface area contributed by atoms with E-state index < -0.39 is 11.7 Å². The van der Waals surface area contributed by atoms with E-state index in [0.717, 1.165) is 34.1 Å². The number of aromatic nitrogens is 2. The van der Waals surface area contributed by atoms with Crippen LogP contribution in [0.3, 0.4) is 0 Å². The number of likely N-dealkylation sites (tertiary alicyclic amines) is 1. The first-order chi connectivity index (χ1) is 14.8. The maximum Gasteiger partial charge on any atom is 0.275 e. The van der Waals surface area contributed by atoms with E-state index in [1.807, 2.05) is 18.7 Å². The van der Waals surface area contributed by atoms with Crippen molar-refractivity contribution in [2.24, 2.45) is 0 Å². The molecule has 2 aromatic heterocycles. The molecule has 1 aliphatic rings. The van der Waals surface area contributed by atoms with E-state index in [4.69, 9.17) is 0 Å². The Labute approximate surface area is 188 Å². The molecule has 1 saturated heterocycles. The number of anilines is 1. The smallest absolute Gasteiger partial charge is 0.275 e. The van der Waals surface area contributed by atoms with Crippen molar-refractivity contribution in [2.45, 2.75) is 39.5 Å². The summed E-state index contributed by atoms with van der Waals surface area (Å²) in [6, 6.07) is 4.68. The molecule has 2 amide bonds. The highest BCUT2D eigenvalue weighted by atomic mass is 32.1. The molecule has 0 bridgehead atoms. The van der Waals surface area contributed by atoms with E-state index in [9.17, 15) is 14.0 Å². The van der Waals surface area contributed by atoms with Crippen LogP contribution in [0.25, 0.3) is 0 Å². The van der Waals surface area contributed by atoms with Crippen LogP contribution in [0.2, 0.25) is 0 Å². The van der Waals surface area contributed by atoms with Crippen LogP contribution in [-0.4, -0.2) is 39.8 Å². The van der Waals surface area contributed by atoms with Crippen LogP contribution in [0.1, 0.15) is 60.2 Å². The Kier molecular flexibility index (Phi) is 6.15. The van der Waals surface area contributed by atoms with Crippen molar-refractivity contribution in [3.63, 3.8) is 0 Å². The van der Waals surface area contributed by atoms with Crippen LogP contribution >= 0.6 is 22.7 Å². The number of rotatable bonds is 4. The first-order valence-corrected chi connectivity index (χ1v) is 11.8. The summed E-state index contributed by atoms with van der Waals surface area (Å²) in [7, 11) is 0. The van der Waals surface area contributed by atoms with Crippen LogP contribution in [0, 0.1) is 26.6 Å². The first kappa shape index (κ1) is 21.6. The monoisotopic (exact) mass is 458 g/mol. The summed E-state index contributed by atoms with van der Waals surface area (Å²) >= 11 is 2.87. The van der Waals surface area contributed by atoms with Crippen LogP contribution in [0.4, 0.5) is 10.1 Å². The highest BCUT2D eigenvalue weighted by molar-refractivity contribution is 7.13. The Hall–Kier alpha value is -2.65. The zero-order valence-corrected chi connectivity index (χ0v) is 19.2. The van der Waals surface area contributed by atoms with Crippen molar-refractivity contribution in [2.75, 3.05) is 18.4 Å². The van der Waals surface area contributed by atoms with Crippen molar-refractivity contribution in [3.8, 4) is 0 Å².